The van der Waals surface area contributed by atoms with Crippen LogP contribution < -0.4 is 14.8 Å². The van der Waals surface area contributed by atoms with E-state index in [-0.39, 0.29) is 5.91 Å². The molecule has 0 atom stereocenters. The molecule has 128 valence electrons. The van der Waals surface area contributed by atoms with Gasteiger partial charge in [0.15, 0.2) is 11.5 Å². The minimum Gasteiger partial charge on any atom is -0.486 e. The number of rotatable bonds is 5. The molecule has 1 aromatic carbocycles. The maximum absolute atomic E-state index is 12.2. The van der Waals surface area contributed by atoms with E-state index in [1.54, 1.807) is 11.3 Å². The molecule has 0 bridgehead atoms. The molecule has 24 heavy (non-hydrogen) atoms. The van der Waals surface area contributed by atoms with E-state index in [4.69, 9.17) is 21.1 Å². The number of benzene rings is 1. The van der Waals surface area contributed by atoms with Crippen molar-refractivity contribution in [2.75, 3.05) is 19.8 Å². The highest BCUT2D eigenvalue weighted by atomic mass is 35.5. The van der Waals surface area contributed by atoms with Crippen molar-refractivity contribution in [3.05, 3.63) is 44.1 Å². The Hall–Kier alpha value is -1.72. The first-order valence-corrected chi connectivity index (χ1v) is 9.23. The van der Waals surface area contributed by atoms with E-state index in [0.717, 1.165) is 16.9 Å². The minimum absolute atomic E-state index is 0.0218. The van der Waals surface area contributed by atoms with Gasteiger partial charge in [-0.3, -0.25) is 4.79 Å². The van der Waals surface area contributed by atoms with Gasteiger partial charge in [-0.2, -0.15) is 0 Å². The van der Waals surface area contributed by atoms with Crippen LogP contribution in [0.1, 0.15) is 32.6 Å². The first kappa shape index (κ1) is 17.1. The molecule has 4 nitrogen and oxygen atoms in total. The summed E-state index contributed by atoms with van der Waals surface area (Å²) in [5.74, 6) is 1.26. The number of nitrogens with one attached hydrogen (secondary N) is 1. The fourth-order valence-corrected chi connectivity index (χ4v) is 4.02. The molecule has 3 rings (SSSR count). The van der Waals surface area contributed by atoms with Crippen molar-refractivity contribution < 1.29 is 14.3 Å². The van der Waals surface area contributed by atoms with Crippen LogP contribution in [0, 0.1) is 6.92 Å². The average molecular weight is 366 g/mol. The van der Waals surface area contributed by atoms with Crippen LogP contribution in [0.2, 0.25) is 5.02 Å². The Balaban J connectivity index is 1.60. The van der Waals surface area contributed by atoms with E-state index in [0.29, 0.717) is 42.7 Å². The molecule has 0 saturated heterocycles. The highest BCUT2D eigenvalue weighted by molar-refractivity contribution is 7.14. The molecule has 0 fully saturated rings. The van der Waals surface area contributed by atoms with Crippen LogP contribution in [0.5, 0.6) is 11.5 Å². The summed E-state index contributed by atoms with van der Waals surface area (Å²) >= 11 is 7.80. The van der Waals surface area contributed by atoms with Crippen LogP contribution >= 0.6 is 22.9 Å². The second-order valence-electron chi connectivity index (χ2n) is 5.68. The highest BCUT2D eigenvalue weighted by Crippen LogP contribution is 2.38. The van der Waals surface area contributed by atoms with Crippen molar-refractivity contribution >= 4 is 28.8 Å². The van der Waals surface area contributed by atoms with Crippen LogP contribution in [0.25, 0.3) is 0 Å². The van der Waals surface area contributed by atoms with Crippen molar-refractivity contribution in [1.29, 1.82) is 0 Å². The second-order valence-corrected chi connectivity index (χ2v) is 7.22. The number of ether oxygens (including phenoxy) is 2. The number of carbonyl (C=O) groups excluding carboxylic acids is 1. The van der Waals surface area contributed by atoms with Gasteiger partial charge in [0, 0.05) is 11.4 Å². The standard InChI is InChI=1S/C18H20ClNO3S/c1-3-15-11(2)8-16(24-15)18(21)20-5-4-12-9-13(19)17-14(10-12)22-6-7-23-17/h8-10H,3-7H2,1-2H3,(H,20,21). The van der Waals surface area contributed by atoms with Crippen LogP contribution in [-0.2, 0) is 12.8 Å². The van der Waals surface area contributed by atoms with Crippen molar-refractivity contribution in [3.63, 3.8) is 0 Å². The summed E-state index contributed by atoms with van der Waals surface area (Å²) in [5, 5.41) is 3.52. The van der Waals surface area contributed by atoms with Gasteiger partial charge >= 0.3 is 0 Å². The number of hydrogen-bond acceptors (Lipinski definition) is 4. The Labute approximate surface area is 150 Å². The lowest BCUT2D eigenvalue weighted by molar-refractivity contribution is 0.0958. The number of carbonyl (C=O) groups is 1. The Kier molecular flexibility index (Phi) is 5.31. The van der Waals surface area contributed by atoms with E-state index >= 15 is 0 Å². The van der Waals surface area contributed by atoms with Gasteiger partial charge in [-0.1, -0.05) is 18.5 Å². The first-order valence-electron chi connectivity index (χ1n) is 8.04. The van der Waals surface area contributed by atoms with Crippen LogP contribution in [0.15, 0.2) is 18.2 Å². The largest absolute Gasteiger partial charge is 0.486 e. The molecule has 1 amide bonds. The average Bonchev–Trinajstić information content (AvgIpc) is 2.96. The molecular weight excluding hydrogens is 346 g/mol. The van der Waals surface area contributed by atoms with Crippen molar-refractivity contribution in [2.24, 2.45) is 0 Å². The predicted octanol–water partition coefficient (Wildman–Crippen LogP) is 4.02. The molecule has 6 heteroatoms. The van der Waals surface area contributed by atoms with Gasteiger partial charge in [0.1, 0.15) is 13.2 Å². The predicted molar refractivity (Wildman–Crippen MR) is 96.9 cm³/mol. The number of halogens is 1. The van der Waals surface area contributed by atoms with Gasteiger partial charge in [0.2, 0.25) is 0 Å². The molecule has 2 aromatic rings. The zero-order valence-corrected chi connectivity index (χ0v) is 15.4. The van der Waals surface area contributed by atoms with Gasteiger partial charge in [-0.15, -0.1) is 11.3 Å². The van der Waals surface area contributed by atoms with Crippen LogP contribution in [0.4, 0.5) is 0 Å². The number of thiophene rings is 1. The van der Waals surface area contributed by atoms with E-state index in [1.807, 2.05) is 25.1 Å². The molecule has 0 saturated carbocycles. The number of amides is 1. The minimum atomic E-state index is -0.0218. The second kappa shape index (κ2) is 7.45. The fraction of sp³-hybridized carbons (Fsp3) is 0.389. The molecule has 0 spiro atoms. The van der Waals surface area contributed by atoms with Crippen molar-refractivity contribution in [1.82, 2.24) is 5.32 Å². The van der Waals surface area contributed by atoms with E-state index in [9.17, 15) is 4.79 Å². The maximum atomic E-state index is 12.2. The number of fused-ring (bicyclic) bond motifs is 1. The molecule has 0 unspecified atom stereocenters. The Morgan fingerprint density at radius 1 is 1.29 bits per heavy atom. The van der Waals surface area contributed by atoms with Crippen LogP contribution in [0.3, 0.4) is 0 Å². The smallest absolute Gasteiger partial charge is 0.261 e. The summed E-state index contributed by atoms with van der Waals surface area (Å²) in [6, 6.07) is 5.75. The highest BCUT2D eigenvalue weighted by Gasteiger charge is 2.17. The summed E-state index contributed by atoms with van der Waals surface area (Å²) in [6.07, 6.45) is 1.65. The van der Waals surface area contributed by atoms with Crippen molar-refractivity contribution in [3.8, 4) is 11.5 Å². The van der Waals surface area contributed by atoms with E-state index in [1.165, 1.54) is 10.4 Å². The van der Waals surface area contributed by atoms with Gasteiger partial charge in [-0.25, -0.2) is 0 Å². The van der Waals surface area contributed by atoms with Gasteiger partial charge in [0.25, 0.3) is 5.91 Å². The normalized spacial score (nSPS) is 13.0. The van der Waals surface area contributed by atoms with Gasteiger partial charge in [-0.05, 0) is 49.1 Å². The SMILES string of the molecule is CCc1sc(C(=O)NCCc2cc(Cl)c3c(c2)OCCO3)cc1C. The Bertz CT molecular complexity index is 757. The lowest BCUT2D eigenvalue weighted by atomic mass is 10.1. The first-order chi connectivity index (χ1) is 11.6. The monoisotopic (exact) mass is 365 g/mol. The number of aryl methyl sites for hydroxylation is 2. The van der Waals surface area contributed by atoms with Crippen LogP contribution in [-0.4, -0.2) is 25.7 Å². The van der Waals surface area contributed by atoms with Gasteiger partial charge < -0.3 is 14.8 Å². The molecule has 0 aliphatic carbocycles. The zero-order chi connectivity index (χ0) is 17.1. The quantitative estimate of drug-likeness (QED) is 0.870. The topological polar surface area (TPSA) is 47.6 Å². The zero-order valence-electron chi connectivity index (χ0n) is 13.8. The third-order valence-corrected chi connectivity index (χ3v) is 5.58. The Morgan fingerprint density at radius 2 is 2.08 bits per heavy atom. The maximum Gasteiger partial charge on any atom is 0.261 e. The molecule has 1 aliphatic heterocycles. The number of hydrogen-bond donors (Lipinski definition) is 1. The van der Waals surface area contributed by atoms with Crippen molar-refractivity contribution in [2.45, 2.75) is 26.7 Å². The lowest BCUT2D eigenvalue weighted by Crippen LogP contribution is -2.25. The fourth-order valence-electron chi connectivity index (χ4n) is 2.70. The third-order valence-electron chi connectivity index (χ3n) is 3.92. The summed E-state index contributed by atoms with van der Waals surface area (Å²) in [5.41, 5.74) is 2.20. The summed E-state index contributed by atoms with van der Waals surface area (Å²) in [4.78, 5) is 14.3. The third kappa shape index (κ3) is 3.68. The summed E-state index contributed by atoms with van der Waals surface area (Å²) in [7, 11) is 0. The Morgan fingerprint density at radius 3 is 2.83 bits per heavy atom. The molecule has 0 radical (unpaired) electrons. The summed E-state index contributed by atoms with van der Waals surface area (Å²) in [6.45, 7) is 5.74. The molecule has 1 aliphatic rings. The summed E-state index contributed by atoms with van der Waals surface area (Å²) < 4.78 is 11.1. The van der Waals surface area contributed by atoms with E-state index in [2.05, 4.69) is 12.2 Å². The molecule has 2 heterocycles. The van der Waals surface area contributed by atoms with E-state index < -0.39 is 0 Å². The molecule has 1 N–H and O–H groups in total. The lowest BCUT2D eigenvalue weighted by Gasteiger charge is -2.20. The molecular formula is C18H20ClNO3S. The molecule has 1 aromatic heterocycles. The van der Waals surface area contributed by atoms with Gasteiger partial charge in [0.05, 0.1) is 9.90 Å².